The van der Waals surface area contributed by atoms with E-state index in [0.29, 0.717) is 0 Å². The first-order chi connectivity index (χ1) is 12.2. The highest BCUT2D eigenvalue weighted by Crippen LogP contribution is 2.29. The Morgan fingerprint density at radius 1 is 1.00 bits per heavy atom. The van der Waals surface area contributed by atoms with Crippen LogP contribution in [0, 0.1) is 0 Å². The Morgan fingerprint density at radius 3 is 2.15 bits per heavy atom. The summed E-state index contributed by atoms with van der Waals surface area (Å²) in [4.78, 5) is 11.2. The van der Waals surface area contributed by atoms with Gasteiger partial charge in [0.1, 0.15) is 48.8 Å². The molecule has 0 aliphatic carbocycles. The zero-order valence-electron chi connectivity index (χ0n) is 13.9. The first-order valence-corrected chi connectivity index (χ1v) is 8.02. The van der Waals surface area contributed by atoms with E-state index in [1.165, 1.54) is 0 Å². The Kier molecular flexibility index (Phi) is 7.24. The molecule has 2 rings (SSSR count). The van der Waals surface area contributed by atoms with Crippen LogP contribution in [-0.2, 0) is 19.0 Å². The maximum atomic E-state index is 14.0. The van der Waals surface area contributed by atoms with Crippen LogP contribution in [-0.4, -0.2) is 111 Å². The normalized spacial score (nSPS) is 46.8. The van der Waals surface area contributed by atoms with Crippen molar-refractivity contribution in [1.29, 1.82) is 0 Å². The minimum atomic E-state index is -2.12. The molecule has 0 radical (unpaired) electrons. The van der Waals surface area contributed by atoms with Gasteiger partial charge in [0, 0.05) is 6.92 Å². The van der Waals surface area contributed by atoms with Crippen LogP contribution < -0.4 is 5.32 Å². The number of alkyl halides is 1. The number of ether oxygens (including phenoxy) is 3. The van der Waals surface area contributed by atoms with Crippen molar-refractivity contribution in [3.05, 3.63) is 0 Å². The van der Waals surface area contributed by atoms with Crippen LogP contribution in [0.4, 0.5) is 4.39 Å². The lowest BCUT2D eigenvalue weighted by Gasteiger charge is -2.45. The van der Waals surface area contributed by atoms with Crippen LogP contribution in [0.5, 0.6) is 0 Å². The van der Waals surface area contributed by atoms with Crippen molar-refractivity contribution in [3.63, 3.8) is 0 Å². The fraction of sp³-hybridized carbons (Fsp3) is 0.929. The van der Waals surface area contributed by atoms with Crippen LogP contribution in [0.3, 0.4) is 0 Å². The van der Waals surface area contributed by atoms with Crippen LogP contribution >= 0.6 is 0 Å². The monoisotopic (exact) mass is 385 g/mol. The Bertz CT molecular complexity index is 483. The Hall–Kier alpha value is -0.960. The third kappa shape index (κ3) is 4.30. The number of carbonyl (C=O) groups excluding carboxylic acids is 1. The summed E-state index contributed by atoms with van der Waals surface area (Å²) >= 11 is 0. The lowest BCUT2D eigenvalue weighted by atomic mass is 9.96. The number of amides is 1. The summed E-state index contributed by atoms with van der Waals surface area (Å²) in [6.07, 6.45) is -14.6. The number of carbonyl (C=O) groups is 1. The van der Waals surface area contributed by atoms with Gasteiger partial charge in [-0.2, -0.15) is 0 Å². The van der Waals surface area contributed by atoms with Crippen molar-refractivity contribution in [2.45, 2.75) is 68.3 Å². The number of nitrogens with one attached hydrogen (secondary N) is 1. The fourth-order valence-corrected chi connectivity index (χ4v) is 2.94. The molecule has 12 heteroatoms. The summed E-state index contributed by atoms with van der Waals surface area (Å²) < 4.78 is 29.4. The molecule has 0 aromatic carbocycles. The molecular weight excluding hydrogens is 361 g/mol. The molecule has 26 heavy (non-hydrogen) atoms. The summed E-state index contributed by atoms with van der Waals surface area (Å²) in [7, 11) is 0. The summed E-state index contributed by atoms with van der Waals surface area (Å²) in [6.45, 7) is -0.351. The zero-order valence-corrected chi connectivity index (χ0v) is 13.9. The van der Waals surface area contributed by atoms with Gasteiger partial charge in [0.15, 0.2) is 6.29 Å². The summed E-state index contributed by atoms with van der Waals surface area (Å²) in [6, 6.07) is -1.51. The molecule has 0 bridgehead atoms. The van der Waals surface area contributed by atoms with Crippen LogP contribution in [0.1, 0.15) is 6.92 Å². The number of hydrogen-bond acceptors (Lipinski definition) is 10. The molecule has 0 spiro atoms. The predicted octanol–water partition coefficient (Wildman–Crippen LogP) is -4.28. The molecule has 152 valence electrons. The van der Waals surface area contributed by atoms with Crippen molar-refractivity contribution in [3.8, 4) is 0 Å². The lowest BCUT2D eigenvalue weighted by molar-refractivity contribution is -0.341. The topological polar surface area (TPSA) is 178 Å². The van der Waals surface area contributed by atoms with Crippen LogP contribution in [0.2, 0.25) is 0 Å². The van der Waals surface area contributed by atoms with Crippen molar-refractivity contribution in [2.75, 3.05) is 13.2 Å². The molecule has 0 saturated carbocycles. The average molecular weight is 385 g/mol. The molecule has 2 heterocycles. The maximum absolute atomic E-state index is 14.0. The lowest BCUT2D eigenvalue weighted by Crippen LogP contribution is -2.66. The Labute approximate surface area is 147 Å². The minimum absolute atomic E-state index is 0.644. The van der Waals surface area contributed by atoms with Crippen LogP contribution in [0.25, 0.3) is 0 Å². The second kappa shape index (κ2) is 8.82. The molecule has 0 aromatic heterocycles. The molecular formula is C14H24FNO10. The van der Waals surface area contributed by atoms with Crippen molar-refractivity contribution in [2.24, 2.45) is 0 Å². The molecule has 2 aliphatic rings. The van der Waals surface area contributed by atoms with Gasteiger partial charge >= 0.3 is 0 Å². The molecule has 2 saturated heterocycles. The number of rotatable bonds is 5. The minimum Gasteiger partial charge on any atom is -0.394 e. The third-order valence-corrected chi connectivity index (χ3v) is 4.35. The predicted molar refractivity (Wildman–Crippen MR) is 79.1 cm³/mol. The van der Waals surface area contributed by atoms with Gasteiger partial charge in [-0.3, -0.25) is 4.79 Å². The van der Waals surface area contributed by atoms with Gasteiger partial charge in [-0.1, -0.05) is 0 Å². The van der Waals surface area contributed by atoms with E-state index >= 15 is 0 Å². The van der Waals surface area contributed by atoms with E-state index in [-0.39, 0.29) is 0 Å². The fourth-order valence-electron chi connectivity index (χ4n) is 2.94. The van der Waals surface area contributed by atoms with E-state index in [1.807, 2.05) is 0 Å². The summed E-state index contributed by atoms with van der Waals surface area (Å²) in [5.41, 5.74) is 0. The highest BCUT2D eigenvalue weighted by Gasteiger charge is 2.51. The van der Waals surface area contributed by atoms with Gasteiger partial charge in [-0.15, -0.1) is 0 Å². The summed E-state index contributed by atoms with van der Waals surface area (Å²) in [5, 5.41) is 60.5. The number of hydrogen-bond donors (Lipinski definition) is 7. The standard InChI is InChI=1S/C14H24FNO10/c1-4(19)16-7-9(21)12(6(3-18)24-13(7)15)26-14-11(23)10(22)8(20)5(2-17)25-14/h5-14,17-18,20-23H,2-3H2,1H3,(H,16,19)/t5?,6?,7?,8-,9?,10?,11?,12+,13+,14-/m0/s1. The highest BCUT2D eigenvalue weighted by molar-refractivity contribution is 5.73. The van der Waals surface area contributed by atoms with Gasteiger partial charge in [0.25, 0.3) is 0 Å². The molecule has 11 nitrogen and oxygen atoms in total. The molecule has 7 N–H and O–H groups in total. The quantitative estimate of drug-likeness (QED) is 0.245. The van der Waals surface area contributed by atoms with E-state index in [9.17, 15) is 39.8 Å². The third-order valence-electron chi connectivity index (χ3n) is 4.35. The molecule has 10 atom stereocenters. The first-order valence-electron chi connectivity index (χ1n) is 8.02. The van der Waals surface area contributed by atoms with Crippen molar-refractivity contribution >= 4 is 5.91 Å². The smallest absolute Gasteiger partial charge is 0.222 e. The van der Waals surface area contributed by atoms with E-state index in [1.54, 1.807) is 0 Å². The molecule has 0 aromatic rings. The van der Waals surface area contributed by atoms with E-state index in [2.05, 4.69) is 5.32 Å². The molecule has 2 aliphatic heterocycles. The Balaban J connectivity index is 2.16. The van der Waals surface area contributed by atoms with Crippen molar-refractivity contribution < 1.29 is 54.0 Å². The summed E-state index contributed by atoms with van der Waals surface area (Å²) in [5.74, 6) is -0.644. The SMILES string of the molecule is CC(=O)NC1C(O)[C@H](O[C@@H]2OC(CO)[C@H](O)C(O)C2O)C(CO)O[C@H]1F. The number of halogens is 1. The Morgan fingerprint density at radius 2 is 1.62 bits per heavy atom. The largest absolute Gasteiger partial charge is 0.394 e. The van der Waals surface area contributed by atoms with Gasteiger partial charge in [-0.25, -0.2) is 4.39 Å². The molecule has 6 unspecified atom stereocenters. The van der Waals surface area contributed by atoms with E-state index in [0.717, 1.165) is 6.92 Å². The molecule has 1 amide bonds. The van der Waals surface area contributed by atoms with Gasteiger partial charge < -0.3 is 50.2 Å². The van der Waals surface area contributed by atoms with Crippen molar-refractivity contribution in [1.82, 2.24) is 5.32 Å². The van der Waals surface area contributed by atoms with Crippen LogP contribution in [0.15, 0.2) is 0 Å². The maximum Gasteiger partial charge on any atom is 0.222 e. The second-order valence-electron chi connectivity index (χ2n) is 6.22. The zero-order chi connectivity index (χ0) is 19.6. The van der Waals surface area contributed by atoms with Gasteiger partial charge in [0.2, 0.25) is 12.3 Å². The van der Waals surface area contributed by atoms with Gasteiger partial charge in [0.05, 0.1) is 13.2 Å². The number of aliphatic hydroxyl groups is 6. The van der Waals surface area contributed by atoms with E-state index in [4.69, 9.17) is 14.2 Å². The molecule has 2 fully saturated rings. The first kappa shape index (κ1) is 21.3. The van der Waals surface area contributed by atoms with Gasteiger partial charge in [-0.05, 0) is 0 Å². The number of aliphatic hydroxyl groups excluding tert-OH is 6. The second-order valence-corrected chi connectivity index (χ2v) is 6.22. The van der Waals surface area contributed by atoms with E-state index < -0.39 is 80.5 Å². The average Bonchev–Trinajstić information content (AvgIpc) is 2.60. The highest BCUT2D eigenvalue weighted by atomic mass is 19.1.